The van der Waals surface area contributed by atoms with Crippen LogP contribution in [0.25, 0.3) is 0 Å². The molecule has 0 amide bonds. The average molecular weight is 178 g/mol. The van der Waals surface area contributed by atoms with Crippen LogP contribution in [0.3, 0.4) is 0 Å². The van der Waals surface area contributed by atoms with Crippen LogP contribution in [0.1, 0.15) is 33.6 Å². The lowest BCUT2D eigenvalue weighted by molar-refractivity contribution is -0.124. The minimum atomic E-state index is -0.205. The number of hydrogen-bond acceptors (Lipinski definition) is 1. The second-order valence-corrected chi connectivity index (χ2v) is 4.30. The van der Waals surface area contributed by atoms with E-state index in [2.05, 4.69) is 26.0 Å². The monoisotopic (exact) mass is 178 g/mol. The third-order valence-corrected chi connectivity index (χ3v) is 2.62. The van der Waals surface area contributed by atoms with Crippen molar-refractivity contribution in [1.82, 2.24) is 0 Å². The standard InChI is InChI=1S/C12H18O/c1-10(2)9-12(11(3)13)7-5-4-6-8-12/h4-7,10H,8-9H2,1-3H3. The molecule has 0 spiro atoms. The van der Waals surface area contributed by atoms with E-state index < -0.39 is 0 Å². The van der Waals surface area contributed by atoms with Crippen LogP contribution >= 0.6 is 0 Å². The molecule has 0 saturated heterocycles. The smallest absolute Gasteiger partial charge is 0.140 e. The zero-order valence-electron chi connectivity index (χ0n) is 8.71. The molecule has 13 heavy (non-hydrogen) atoms. The van der Waals surface area contributed by atoms with Gasteiger partial charge in [-0.25, -0.2) is 0 Å². The van der Waals surface area contributed by atoms with Crippen molar-refractivity contribution in [3.05, 3.63) is 24.3 Å². The van der Waals surface area contributed by atoms with Gasteiger partial charge in [-0.3, -0.25) is 4.79 Å². The van der Waals surface area contributed by atoms with Crippen molar-refractivity contribution in [2.24, 2.45) is 11.3 Å². The van der Waals surface area contributed by atoms with Crippen molar-refractivity contribution in [1.29, 1.82) is 0 Å². The van der Waals surface area contributed by atoms with Gasteiger partial charge in [-0.15, -0.1) is 0 Å². The third kappa shape index (κ3) is 2.30. The second-order valence-electron chi connectivity index (χ2n) is 4.30. The van der Waals surface area contributed by atoms with E-state index in [9.17, 15) is 4.79 Å². The van der Waals surface area contributed by atoms with Gasteiger partial charge in [-0.1, -0.05) is 38.2 Å². The molecular weight excluding hydrogens is 160 g/mol. The molecule has 0 aromatic rings. The minimum Gasteiger partial charge on any atom is -0.299 e. The fourth-order valence-electron chi connectivity index (χ4n) is 1.95. The molecule has 0 saturated carbocycles. The molecule has 0 radical (unpaired) electrons. The average Bonchev–Trinajstić information content (AvgIpc) is 2.04. The van der Waals surface area contributed by atoms with Gasteiger partial charge in [-0.05, 0) is 25.7 Å². The third-order valence-electron chi connectivity index (χ3n) is 2.62. The van der Waals surface area contributed by atoms with E-state index in [0.717, 1.165) is 12.8 Å². The molecule has 1 aliphatic carbocycles. The van der Waals surface area contributed by atoms with Gasteiger partial charge < -0.3 is 0 Å². The highest BCUT2D eigenvalue weighted by atomic mass is 16.1. The van der Waals surface area contributed by atoms with Crippen molar-refractivity contribution in [3.63, 3.8) is 0 Å². The summed E-state index contributed by atoms with van der Waals surface area (Å²) in [5, 5.41) is 0. The maximum atomic E-state index is 11.6. The highest BCUT2D eigenvalue weighted by molar-refractivity contribution is 5.85. The largest absolute Gasteiger partial charge is 0.299 e. The van der Waals surface area contributed by atoms with Gasteiger partial charge in [0, 0.05) is 0 Å². The summed E-state index contributed by atoms with van der Waals surface area (Å²) in [6.45, 7) is 6.03. The second kappa shape index (κ2) is 3.91. The summed E-state index contributed by atoms with van der Waals surface area (Å²) in [7, 11) is 0. The maximum absolute atomic E-state index is 11.6. The zero-order valence-corrected chi connectivity index (χ0v) is 8.71. The number of rotatable bonds is 3. The van der Waals surface area contributed by atoms with Crippen molar-refractivity contribution < 1.29 is 4.79 Å². The number of ketones is 1. The van der Waals surface area contributed by atoms with Crippen LogP contribution in [-0.2, 0) is 4.79 Å². The Balaban J connectivity index is 2.82. The molecule has 0 bridgehead atoms. The van der Waals surface area contributed by atoms with Gasteiger partial charge in [0.15, 0.2) is 0 Å². The molecule has 0 aromatic carbocycles. The molecule has 1 rings (SSSR count). The molecule has 0 heterocycles. The van der Waals surface area contributed by atoms with Crippen LogP contribution in [0, 0.1) is 11.3 Å². The van der Waals surface area contributed by atoms with Crippen LogP contribution < -0.4 is 0 Å². The molecule has 72 valence electrons. The molecule has 1 heteroatoms. The maximum Gasteiger partial charge on any atom is 0.140 e. The Morgan fingerprint density at radius 2 is 2.15 bits per heavy atom. The predicted octanol–water partition coefficient (Wildman–Crippen LogP) is 3.12. The number of carbonyl (C=O) groups excluding carboxylic acids is 1. The van der Waals surface area contributed by atoms with Crippen LogP contribution in [-0.4, -0.2) is 5.78 Å². The lowest BCUT2D eigenvalue weighted by Gasteiger charge is -2.30. The Hall–Kier alpha value is -0.850. The Labute approximate surface area is 80.5 Å². The fraction of sp³-hybridized carbons (Fsp3) is 0.583. The Bertz CT molecular complexity index is 248. The molecule has 0 aliphatic heterocycles. The van der Waals surface area contributed by atoms with Gasteiger partial charge in [0.05, 0.1) is 5.41 Å². The quantitative estimate of drug-likeness (QED) is 0.649. The highest BCUT2D eigenvalue weighted by Crippen LogP contribution is 2.35. The molecule has 1 unspecified atom stereocenters. The summed E-state index contributed by atoms with van der Waals surface area (Å²) in [5.41, 5.74) is -0.205. The Kier molecular flexibility index (Phi) is 3.07. The first-order valence-electron chi connectivity index (χ1n) is 4.92. The summed E-state index contributed by atoms with van der Waals surface area (Å²) >= 11 is 0. The number of allylic oxidation sites excluding steroid dienone is 4. The zero-order chi connectivity index (χ0) is 9.90. The van der Waals surface area contributed by atoms with E-state index in [4.69, 9.17) is 0 Å². The molecule has 0 N–H and O–H groups in total. The van der Waals surface area contributed by atoms with Crippen LogP contribution in [0.4, 0.5) is 0 Å². The van der Waals surface area contributed by atoms with Gasteiger partial charge in [0.1, 0.15) is 5.78 Å². The summed E-state index contributed by atoms with van der Waals surface area (Å²) in [6, 6.07) is 0. The normalized spacial score (nSPS) is 26.8. The predicted molar refractivity (Wildman–Crippen MR) is 55.5 cm³/mol. The molecule has 0 aromatic heterocycles. The van der Waals surface area contributed by atoms with Crippen molar-refractivity contribution >= 4 is 5.78 Å². The SMILES string of the molecule is CC(=O)C1(CC(C)C)C=CC=CC1. The first-order valence-corrected chi connectivity index (χ1v) is 4.92. The Morgan fingerprint density at radius 1 is 1.46 bits per heavy atom. The molecule has 1 atom stereocenters. The molecular formula is C12H18O. The summed E-state index contributed by atoms with van der Waals surface area (Å²) in [6.07, 6.45) is 9.99. The van der Waals surface area contributed by atoms with Crippen molar-refractivity contribution in [3.8, 4) is 0 Å². The van der Waals surface area contributed by atoms with E-state index in [-0.39, 0.29) is 5.41 Å². The van der Waals surface area contributed by atoms with Crippen LogP contribution in [0.2, 0.25) is 0 Å². The van der Waals surface area contributed by atoms with Crippen molar-refractivity contribution in [2.45, 2.75) is 33.6 Å². The first kappa shape index (κ1) is 10.2. The lowest BCUT2D eigenvalue weighted by atomic mass is 9.73. The van der Waals surface area contributed by atoms with E-state index in [1.165, 1.54) is 0 Å². The minimum absolute atomic E-state index is 0.205. The molecule has 0 fully saturated rings. The van der Waals surface area contributed by atoms with Crippen LogP contribution in [0.5, 0.6) is 0 Å². The highest BCUT2D eigenvalue weighted by Gasteiger charge is 2.32. The lowest BCUT2D eigenvalue weighted by Crippen LogP contribution is -2.29. The molecule has 1 aliphatic rings. The fourth-order valence-corrected chi connectivity index (χ4v) is 1.95. The summed E-state index contributed by atoms with van der Waals surface area (Å²) in [4.78, 5) is 11.6. The number of carbonyl (C=O) groups is 1. The van der Waals surface area contributed by atoms with E-state index in [0.29, 0.717) is 11.7 Å². The van der Waals surface area contributed by atoms with Crippen molar-refractivity contribution in [2.75, 3.05) is 0 Å². The topological polar surface area (TPSA) is 17.1 Å². The number of hydrogen-bond donors (Lipinski definition) is 0. The van der Waals surface area contributed by atoms with Gasteiger partial charge in [0.25, 0.3) is 0 Å². The van der Waals surface area contributed by atoms with Gasteiger partial charge >= 0.3 is 0 Å². The molecule has 1 nitrogen and oxygen atoms in total. The van der Waals surface area contributed by atoms with E-state index in [1.54, 1.807) is 6.92 Å². The van der Waals surface area contributed by atoms with Gasteiger partial charge in [0.2, 0.25) is 0 Å². The Morgan fingerprint density at radius 3 is 2.54 bits per heavy atom. The van der Waals surface area contributed by atoms with E-state index in [1.807, 2.05) is 12.2 Å². The number of Topliss-reactive ketones (excluding diaryl/α,β-unsaturated/α-hetero) is 1. The van der Waals surface area contributed by atoms with E-state index >= 15 is 0 Å². The summed E-state index contributed by atoms with van der Waals surface area (Å²) < 4.78 is 0. The van der Waals surface area contributed by atoms with Gasteiger partial charge in [-0.2, -0.15) is 0 Å². The first-order chi connectivity index (χ1) is 6.07. The summed E-state index contributed by atoms with van der Waals surface area (Å²) in [5.74, 6) is 0.863. The van der Waals surface area contributed by atoms with Crippen LogP contribution in [0.15, 0.2) is 24.3 Å².